The third kappa shape index (κ3) is 5.64. The molecule has 1 saturated heterocycles. The first-order valence-corrected chi connectivity index (χ1v) is 9.89. The third-order valence-corrected chi connectivity index (χ3v) is 5.62. The monoisotopic (exact) mass is 396 g/mol. The van der Waals surface area contributed by atoms with Crippen LogP contribution in [-0.2, 0) is 4.79 Å². The number of pyridine rings is 1. The first kappa shape index (κ1) is 20.0. The Bertz CT molecular complexity index is 694. The van der Waals surface area contributed by atoms with Crippen molar-refractivity contribution in [2.45, 2.75) is 44.6 Å². The predicted molar refractivity (Wildman–Crippen MR) is 103 cm³/mol. The molecular formula is C19H26ClFN4O2. The normalized spacial score (nSPS) is 22.0. The summed E-state index contributed by atoms with van der Waals surface area (Å²) in [5.74, 6) is -0.941. The number of rotatable bonds is 6. The Morgan fingerprint density at radius 3 is 2.85 bits per heavy atom. The minimum Gasteiger partial charge on any atom is -0.365 e. The second-order valence-corrected chi connectivity index (χ2v) is 7.83. The zero-order valence-electron chi connectivity index (χ0n) is 15.3. The summed E-state index contributed by atoms with van der Waals surface area (Å²) in [6.45, 7) is 3.23. The van der Waals surface area contributed by atoms with Crippen molar-refractivity contribution in [3.05, 3.63) is 28.7 Å². The van der Waals surface area contributed by atoms with Crippen LogP contribution in [-0.4, -0.2) is 46.7 Å². The van der Waals surface area contributed by atoms with Gasteiger partial charge in [0.25, 0.3) is 0 Å². The highest BCUT2D eigenvalue weighted by atomic mass is 35.5. The second-order valence-electron chi connectivity index (χ2n) is 7.43. The maximum absolute atomic E-state index is 13.5. The molecule has 0 aromatic carbocycles. The topological polar surface area (TPSA) is 77.5 Å². The van der Waals surface area contributed by atoms with Crippen LogP contribution in [0.25, 0.3) is 6.08 Å². The highest BCUT2D eigenvalue weighted by Crippen LogP contribution is 2.27. The Balaban J connectivity index is 1.54. The summed E-state index contributed by atoms with van der Waals surface area (Å²) in [5.41, 5.74) is 1.58. The molecule has 1 saturated carbocycles. The Morgan fingerprint density at radius 1 is 1.37 bits per heavy atom. The van der Waals surface area contributed by atoms with Crippen LogP contribution in [0.15, 0.2) is 18.1 Å². The van der Waals surface area contributed by atoms with E-state index in [4.69, 9.17) is 16.8 Å². The molecule has 2 heterocycles. The average molecular weight is 397 g/mol. The molecule has 0 radical (unpaired) electrons. The molecule has 3 rings (SSSR count). The number of anilines is 1. The number of aromatic nitrogens is 1. The van der Waals surface area contributed by atoms with E-state index in [1.54, 1.807) is 0 Å². The van der Waals surface area contributed by atoms with E-state index in [9.17, 15) is 9.18 Å². The summed E-state index contributed by atoms with van der Waals surface area (Å²) in [4.78, 5) is 17.8. The lowest BCUT2D eigenvalue weighted by Gasteiger charge is -2.26. The molecule has 1 aliphatic heterocycles. The van der Waals surface area contributed by atoms with Gasteiger partial charge in [-0.2, -0.15) is 0 Å². The van der Waals surface area contributed by atoms with Crippen LogP contribution < -0.4 is 10.8 Å². The lowest BCUT2D eigenvalue weighted by atomic mass is 9.89. The van der Waals surface area contributed by atoms with Gasteiger partial charge in [-0.15, -0.1) is 0 Å². The molecular weight excluding hydrogens is 371 g/mol. The molecule has 8 heteroatoms. The number of likely N-dealkylation sites (tertiary alicyclic amines) is 1. The predicted octanol–water partition coefficient (Wildman–Crippen LogP) is 3.62. The zero-order chi connectivity index (χ0) is 19.2. The van der Waals surface area contributed by atoms with E-state index in [1.165, 1.54) is 56.4 Å². The van der Waals surface area contributed by atoms with Gasteiger partial charge in [0.15, 0.2) is 5.83 Å². The standard InChI is InChI=1S/C19H26ClFN4O2/c20-16-8-14(9-17(21)19(26)24-27)10-22-18(16)23-15-6-7-25(12-15)11-13-4-2-1-3-5-13/h8-10,13,15,27H,1-7,11-12H2,(H,22,23)(H,24,26)/t15-/m1/s1. The van der Waals surface area contributed by atoms with Gasteiger partial charge in [-0.05, 0) is 42.9 Å². The second kappa shape index (κ2) is 9.48. The third-order valence-electron chi connectivity index (χ3n) is 5.33. The first-order chi connectivity index (χ1) is 13.0. The Kier molecular flexibility index (Phi) is 7.04. The lowest BCUT2D eigenvalue weighted by Crippen LogP contribution is -2.31. The number of amides is 1. The van der Waals surface area contributed by atoms with E-state index in [0.29, 0.717) is 16.4 Å². The van der Waals surface area contributed by atoms with Crippen LogP contribution >= 0.6 is 11.6 Å². The van der Waals surface area contributed by atoms with Crippen molar-refractivity contribution in [1.29, 1.82) is 0 Å². The van der Waals surface area contributed by atoms with Gasteiger partial charge in [0.05, 0.1) is 5.02 Å². The molecule has 27 heavy (non-hydrogen) atoms. The van der Waals surface area contributed by atoms with Crippen LogP contribution in [0, 0.1) is 5.92 Å². The van der Waals surface area contributed by atoms with Crippen molar-refractivity contribution < 1.29 is 14.4 Å². The zero-order valence-corrected chi connectivity index (χ0v) is 16.0. The van der Waals surface area contributed by atoms with Crippen LogP contribution in [0.4, 0.5) is 10.2 Å². The molecule has 3 N–H and O–H groups in total. The first-order valence-electron chi connectivity index (χ1n) is 9.51. The molecule has 1 aromatic heterocycles. The van der Waals surface area contributed by atoms with Gasteiger partial charge in [0.2, 0.25) is 0 Å². The van der Waals surface area contributed by atoms with Crippen molar-refractivity contribution in [3.8, 4) is 0 Å². The maximum Gasteiger partial charge on any atom is 0.303 e. The number of hydrogen-bond acceptors (Lipinski definition) is 5. The molecule has 6 nitrogen and oxygen atoms in total. The van der Waals surface area contributed by atoms with Crippen LogP contribution in [0.5, 0.6) is 0 Å². The van der Waals surface area contributed by atoms with Crippen molar-refractivity contribution in [2.24, 2.45) is 5.92 Å². The van der Waals surface area contributed by atoms with E-state index in [1.807, 2.05) is 0 Å². The summed E-state index contributed by atoms with van der Waals surface area (Å²) in [7, 11) is 0. The molecule has 0 spiro atoms. The van der Waals surface area contributed by atoms with Gasteiger partial charge in [-0.25, -0.2) is 14.9 Å². The van der Waals surface area contributed by atoms with E-state index in [0.717, 1.165) is 31.5 Å². The van der Waals surface area contributed by atoms with Crippen LogP contribution in [0.3, 0.4) is 0 Å². The summed E-state index contributed by atoms with van der Waals surface area (Å²) >= 11 is 6.26. The number of carbonyl (C=O) groups is 1. The highest BCUT2D eigenvalue weighted by molar-refractivity contribution is 6.33. The molecule has 148 valence electrons. The van der Waals surface area contributed by atoms with Gasteiger partial charge < -0.3 is 10.2 Å². The molecule has 0 unspecified atom stereocenters. The molecule has 0 bridgehead atoms. The van der Waals surface area contributed by atoms with Crippen molar-refractivity contribution in [1.82, 2.24) is 15.4 Å². The minimum atomic E-state index is -1.21. The number of carbonyl (C=O) groups excluding carboxylic acids is 1. The number of nitrogens with zero attached hydrogens (tertiary/aromatic N) is 2. The number of hydroxylamine groups is 1. The fourth-order valence-corrected chi connectivity index (χ4v) is 4.18. The molecule has 2 fully saturated rings. The number of nitrogens with one attached hydrogen (secondary N) is 2. The summed E-state index contributed by atoms with van der Waals surface area (Å²) < 4.78 is 13.5. The Morgan fingerprint density at radius 2 is 2.15 bits per heavy atom. The molecule has 1 aromatic rings. The van der Waals surface area contributed by atoms with Gasteiger partial charge in [0.1, 0.15) is 5.82 Å². The van der Waals surface area contributed by atoms with Gasteiger partial charge in [-0.3, -0.25) is 10.0 Å². The minimum absolute atomic E-state index is 0.289. The quantitative estimate of drug-likeness (QED) is 0.389. The summed E-state index contributed by atoms with van der Waals surface area (Å²) in [6, 6.07) is 1.83. The van der Waals surface area contributed by atoms with Crippen LogP contribution in [0.1, 0.15) is 44.1 Å². The smallest absolute Gasteiger partial charge is 0.303 e. The van der Waals surface area contributed by atoms with Crippen molar-refractivity contribution in [2.75, 3.05) is 25.0 Å². The largest absolute Gasteiger partial charge is 0.365 e. The molecule has 1 atom stereocenters. The molecule has 1 amide bonds. The number of halogens is 2. The van der Waals surface area contributed by atoms with E-state index >= 15 is 0 Å². The Labute approximate surface area is 163 Å². The van der Waals surface area contributed by atoms with Gasteiger partial charge in [-0.1, -0.05) is 30.9 Å². The number of hydrogen-bond donors (Lipinski definition) is 3. The fourth-order valence-electron chi connectivity index (χ4n) is 3.95. The molecule has 1 aliphatic carbocycles. The molecule has 2 aliphatic rings. The van der Waals surface area contributed by atoms with E-state index < -0.39 is 11.7 Å². The van der Waals surface area contributed by atoms with E-state index in [-0.39, 0.29) is 6.04 Å². The van der Waals surface area contributed by atoms with Crippen molar-refractivity contribution >= 4 is 29.4 Å². The summed E-state index contributed by atoms with van der Waals surface area (Å²) in [6.07, 6.45) is 10.2. The highest BCUT2D eigenvalue weighted by Gasteiger charge is 2.26. The van der Waals surface area contributed by atoms with Crippen LogP contribution in [0.2, 0.25) is 5.02 Å². The van der Waals surface area contributed by atoms with Crippen molar-refractivity contribution in [3.63, 3.8) is 0 Å². The average Bonchev–Trinajstić information content (AvgIpc) is 3.11. The lowest BCUT2D eigenvalue weighted by molar-refractivity contribution is -0.126. The fraction of sp³-hybridized carbons (Fsp3) is 0.579. The Hall–Kier alpha value is -1.70. The van der Waals surface area contributed by atoms with Gasteiger partial charge in [0, 0.05) is 31.9 Å². The van der Waals surface area contributed by atoms with Gasteiger partial charge >= 0.3 is 5.91 Å². The SMILES string of the molecule is O=C(NO)C(F)=Cc1cnc(N[C@@H]2CCN(CC3CCCCC3)C2)c(Cl)c1. The van der Waals surface area contributed by atoms with E-state index in [2.05, 4.69) is 15.2 Å². The summed E-state index contributed by atoms with van der Waals surface area (Å²) in [5, 5.41) is 12.2. The maximum atomic E-state index is 13.5.